The van der Waals surface area contributed by atoms with Gasteiger partial charge in [-0.1, -0.05) is 43.0 Å². The van der Waals surface area contributed by atoms with Crippen molar-refractivity contribution in [3.8, 4) is 5.75 Å². The number of thioether (sulfide) groups is 2. The Bertz CT molecular complexity index is 1160. The number of amides is 1. The predicted molar refractivity (Wildman–Crippen MR) is 131 cm³/mol. The molecule has 2 aromatic carbocycles. The van der Waals surface area contributed by atoms with Crippen molar-refractivity contribution >= 4 is 41.1 Å². The van der Waals surface area contributed by atoms with Crippen LogP contribution in [-0.4, -0.2) is 39.8 Å². The van der Waals surface area contributed by atoms with Gasteiger partial charge < -0.3 is 15.4 Å². The molecular weight excluding hydrogens is 442 g/mol. The molecule has 2 heterocycles. The van der Waals surface area contributed by atoms with Gasteiger partial charge in [0, 0.05) is 10.6 Å². The summed E-state index contributed by atoms with van der Waals surface area (Å²) in [6, 6.07) is 15.2. The number of rotatable bonds is 7. The van der Waals surface area contributed by atoms with Crippen LogP contribution in [-0.2, 0) is 4.79 Å². The number of methoxy groups -OCH3 is 1. The summed E-state index contributed by atoms with van der Waals surface area (Å²) in [5.41, 5.74) is 2.90. The number of nitrogens with zero attached hydrogens (tertiary/aromatic N) is 3. The zero-order valence-electron chi connectivity index (χ0n) is 18.4. The number of fused-ring (bicyclic) bond motifs is 1. The average Bonchev–Trinajstić information content (AvgIpc) is 3.20. The van der Waals surface area contributed by atoms with Crippen molar-refractivity contribution < 1.29 is 9.53 Å². The molecule has 0 bridgehead atoms. The van der Waals surface area contributed by atoms with E-state index in [9.17, 15) is 4.79 Å². The van der Waals surface area contributed by atoms with Crippen molar-refractivity contribution in [3.05, 3.63) is 65.4 Å². The number of nitrogens with one attached hydrogen (secondary N) is 2. The largest absolute Gasteiger partial charge is 0.495 e. The highest BCUT2D eigenvalue weighted by Crippen LogP contribution is 2.37. The Morgan fingerprint density at radius 1 is 1.22 bits per heavy atom. The zero-order chi connectivity index (χ0) is 22.7. The van der Waals surface area contributed by atoms with Gasteiger partial charge in [0.25, 0.3) is 5.91 Å². The molecule has 0 radical (unpaired) electrons. The monoisotopic (exact) mass is 467 g/mol. The molecule has 1 amide bonds. The first-order valence-electron chi connectivity index (χ1n) is 10.2. The first-order valence-corrected chi connectivity index (χ1v) is 12.4. The van der Waals surface area contributed by atoms with Crippen LogP contribution in [0.5, 0.6) is 5.75 Å². The molecule has 9 heteroatoms. The Labute approximate surface area is 196 Å². The molecule has 1 aliphatic heterocycles. The fourth-order valence-electron chi connectivity index (χ4n) is 3.65. The highest BCUT2D eigenvalue weighted by molar-refractivity contribution is 7.99. The van der Waals surface area contributed by atoms with Crippen LogP contribution in [0.25, 0.3) is 0 Å². The smallest absolute Gasteiger partial charge is 0.255 e. The van der Waals surface area contributed by atoms with Crippen LogP contribution in [0.2, 0.25) is 0 Å². The number of aromatic nitrogens is 3. The van der Waals surface area contributed by atoms with Crippen molar-refractivity contribution in [1.29, 1.82) is 0 Å². The number of benzene rings is 2. The first-order chi connectivity index (χ1) is 15.5. The van der Waals surface area contributed by atoms with Gasteiger partial charge in [-0.3, -0.25) is 4.79 Å². The molecule has 3 aromatic rings. The number of allylic oxidation sites excluding steroid dienone is 1. The lowest BCUT2D eigenvalue weighted by molar-refractivity contribution is -0.113. The molecule has 4 rings (SSSR count). The topological polar surface area (TPSA) is 81.1 Å². The Hall–Kier alpha value is -2.91. The Morgan fingerprint density at radius 2 is 1.97 bits per heavy atom. The molecule has 0 spiro atoms. The van der Waals surface area contributed by atoms with Crippen molar-refractivity contribution in [2.75, 3.05) is 29.8 Å². The molecule has 32 heavy (non-hydrogen) atoms. The molecule has 1 aliphatic rings. The minimum absolute atomic E-state index is 0.218. The Balaban J connectivity index is 1.77. The van der Waals surface area contributed by atoms with Gasteiger partial charge in [0.1, 0.15) is 11.8 Å². The summed E-state index contributed by atoms with van der Waals surface area (Å²) >= 11 is 3.25. The third kappa shape index (κ3) is 4.35. The van der Waals surface area contributed by atoms with E-state index < -0.39 is 6.04 Å². The second-order valence-electron chi connectivity index (χ2n) is 7.09. The summed E-state index contributed by atoms with van der Waals surface area (Å²) in [4.78, 5) is 19.3. The minimum atomic E-state index is -0.407. The van der Waals surface area contributed by atoms with Crippen LogP contribution >= 0.6 is 23.5 Å². The summed E-state index contributed by atoms with van der Waals surface area (Å²) in [5, 5.41) is 11.7. The number of hydrogen-bond donors (Lipinski definition) is 2. The van der Waals surface area contributed by atoms with E-state index in [4.69, 9.17) is 9.84 Å². The van der Waals surface area contributed by atoms with Crippen LogP contribution < -0.4 is 15.4 Å². The molecular formula is C23H25N5O2S2. The molecule has 0 unspecified atom stereocenters. The Kier molecular flexibility index (Phi) is 6.76. The van der Waals surface area contributed by atoms with E-state index in [1.165, 1.54) is 0 Å². The van der Waals surface area contributed by atoms with Crippen LogP contribution in [0, 0.1) is 0 Å². The molecule has 0 fully saturated rings. The number of carbonyl (C=O) groups excluding carboxylic acids is 1. The number of carbonyl (C=O) groups is 1. The predicted octanol–water partition coefficient (Wildman–Crippen LogP) is 5.05. The van der Waals surface area contributed by atoms with E-state index in [1.807, 2.05) is 49.6 Å². The highest BCUT2D eigenvalue weighted by atomic mass is 32.2. The van der Waals surface area contributed by atoms with E-state index in [2.05, 4.69) is 34.7 Å². The van der Waals surface area contributed by atoms with Crippen LogP contribution in [0.4, 0.5) is 11.6 Å². The van der Waals surface area contributed by atoms with E-state index >= 15 is 0 Å². The van der Waals surface area contributed by atoms with Crippen LogP contribution in [0.1, 0.15) is 25.5 Å². The van der Waals surface area contributed by atoms with Gasteiger partial charge in [0.05, 0.1) is 18.4 Å². The standard InChI is InChI=1S/C23H25N5O2S2/c1-5-32-23-26-22-24-14(2)19(21(29)25-17-8-6-7-9-18(17)30-3)20(28(22)27-23)15-10-12-16(31-4)13-11-15/h6-13,20H,5H2,1-4H3,(H,25,29)(H,24,26,27)/t20-/m1/s1. The van der Waals surface area contributed by atoms with Crippen LogP contribution in [0.15, 0.2) is 69.9 Å². The van der Waals surface area contributed by atoms with Crippen LogP contribution in [0.3, 0.4) is 0 Å². The molecule has 0 saturated carbocycles. The van der Waals surface area contributed by atoms with Crippen molar-refractivity contribution in [1.82, 2.24) is 14.8 Å². The SMILES string of the molecule is CCSc1nc2n(n1)[C@H](c1ccc(SC)cc1)C(C(=O)Nc1ccccc1OC)=C(C)N2. The van der Waals surface area contributed by atoms with Crippen molar-refractivity contribution in [2.24, 2.45) is 0 Å². The lowest BCUT2D eigenvalue weighted by atomic mass is 9.95. The maximum absolute atomic E-state index is 13.6. The van der Waals surface area contributed by atoms with Gasteiger partial charge in [-0.2, -0.15) is 4.98 Å². The maximum atomic E-state index is 13.6. The molecule has 2 N–H and O–H groups in total. The second kappa shape index (κ2) is 9.70. The molecule has 0 saturated heterocycles. The third-order valence-electron chi connectivity index (χ3n) is 5.14. The van der Waals surface area contributed by atoms with Gasteiger partial charge in [0.2, 0.25) is 11.1 Å². The summed E-state index contributed by atoms with van der Waals surface area (Å²) in [5.74, 6) is 1.88. The summed E-state index contributed by atoms with van der Waals surface area (Å²) in [6.45, 7) is 3.96. The van der Waals surface area contributed by atoms with Gasteiger partial charge in [-0.25, -0.2) is 4.68 Å². The lowest BCUT2D eigenvalue weighted by Gasteiger charge is -2.29. The first kappa shape index (κ1) is 22.3. The van der Waals surface area contributed by atoms with Crippen molar-refractivity contribution in [3.63, 3.8) is 0 Å². The summed E-state index contributed by atoms with van der Waals surface area (Å²) < 4.78 is 7.21. The molecule has 7 nitrogen and oxygen atoms in total. The zero-order valence-corrected chi connectivity index (χ0v) is 20.0. The minimum Gasteiger partial charge on any atom is -0.495 e. The number of ether oxygens (including phenoxy) is 1. The molecule has 0 aliphatic carbocycles. The third-order valence-corrected chi connectivity index (χ3v) is 6.60. The molecule has 1 aromatic heterocycles. The molecule has 166 valence electrons. The number of para-hydroxylation sites is 2. The Morgan fingerprint density at radius 3 is 2.66 bits per heavy atom. The van der Waals surface area contributed by atoms with E-state index in [-0.39, 0.29) is 5.91 Å². The highest BCUT2D eigenvalue weighted by Gasteiger charge is 2.34. The summed E-state index contributed by atoms with van der Waals surface area (Å²) in [7, 11) is 1.59. The van der Waals surface area contributed by atoms with Crippen molar-refractivity contribution in [2.45, 2.75) is 29.9 Å². The lowest BCUT2D eigenvalue weighted by Crippen LogP contribution is -2.31. The molecule has 1 atom stereocenters. The van der Waals surface area contributed by atoms with Gasteiger partial charge in [-0.05, 0) is 48.8 Å². The van der Waals surface area contributed by atoms with E-state index in [0.717, 1.165) is 21.9 Å². The van der Waals surface area contributed by atoms with Gasteiger partial charge in [0.15, 0.2) is 0 Å². The maximum Gasteiger partial charge on any atom is 0.255 e. The summed E-state index contributed by atoms with van der Waals surface area (Å²) in [6.07, 6.45) is 2.04. The fraction of sp³-hybridized carbons (Fsp3) is 0.261. The van der Waals surface area contributed by atoms with E-state index in [0.29, 0.717) is 28.1 Å². The van der Waals surface area contributed by atoms with Gasteiger partial charge >= 0.3 is 0 Å². The fourth-order valence-corrected chi connectivity index (χ4v) is 4.61. The quantitative estimate of drug-likeness (QED) is 0.471. The van der Waals surface area contributed by atoms with Gasteiger partial charge in [-0.15, -0.1) is 16.9 Å². The average molecular weight is 468 g/mol. The normalized spacial score (nSPS) is 15.2. The van der Waals surface area contributed by atoms with E-state index in [1.54, 1.807) is 35.3 Å². The number of anilines is 2. The number of hydrogen-bond acceptors (Lipinski definition) is 7. The second-order valence-corrected chi connectivity index (χ2v) is 9.20.